The summed E-state index contributed by atoms with van der Waals surface area (Å²) in [6.07, 6.45) is 11.3. The molecule has 4 saturated carbocycles. The average Bonchev–Trinajstić information content (AvgIpc) is 2.81. The number of hydrogen-bond acceptors (Lipinski definition) is 2. The minimum absolute atomic E-state index is 0.0548. The van der Waals surface area contributed by atoms with Crippen LogP contribution < -0.4 is 0 Å². The zero-order valence-corrected chi connectivity index (χ0v) is 16.4. The van der Waals surface area contributed by atoms with Crippen molar-refractivity contribution in [2.75, 3.05) is 0 Å². The Balaban J connectivity index is 1.66. The smallest absolute Gasteiger partial charge is 0.133 e. The fourth-order valence-corrected chi connectivity index (χ4v) is 8.16. The maximum Gasteiger partial charge on any atom is 0.133 e. The van der Waals surface area contributed by atoms with Crippen LogP contribution in [0.3, 0.4) is 0 Å². The van der Waals surface area contributed by atoms with Gasteiger partial charge in [0.05, 0.1) is 5.60 Å². The summed E-state index contributed by atoms with van der Waals surface area (Å²) in [6.45, 7) is 11.1. The molecule has 2 nitrogen and oxygen atoms in total. The average molecular weight is 345 g/mol. The molecule has 25 heavy (non-hydrogen) atoms. The highest BCUT2D eigenvalue weighted by molar-refractivity contribution is 5.80. The number of carbonyl (C=O) groups excluding carboxylic acids is 1. The highest BCUT2D eigenvalue weighted by Gasteiger charge is 2.65. The molecule has 0 radical (unpaired) electrons. The van der Waals surface area contributed by atoms with Crippen LogP contribution in [0.5, 0.6) is 0 Å². The Morgan fingerprint density at radius 2 is 1.84 bits per heavy atom. The van der Waals surface area contributed by atoms with Gasteiger partial charge in [0, 0.05) is 12.8 Å². The molecule has 3 unspecified atom stereocenters. The van der Waals surface area contributed by atoms with E-state index in [4.69, 9.17) is 0 Å². The molecule has 1 N–H and O–H groups in total. The summed E-state index contributed by atoms with van der Waals surface area (Å²) in [5.74, 6) is 3.76. The zero-order valence-electron chi connectivity index (χ0n) is 16.4. The number of Topliss-reactive ketones (excluding diaryl/α,β-unsaturated/α-hetero) is 1. The van der Waals surface area contributed by atoms with Gasteiger partial charge in [0.25, 0.3) is 0 Å². The largest absolute Gasteiger partial charge is 0.389 e. The predicted molar refractivity (Wildman–Crippen MR) is 101 cm³/mol. The van der Waals surface area contributed by atoms with Crippen molar-refractivity contribution in [3.63, 3.8) is 0 Å². The van der Waals surface area contributed by atoms with Crippen molar-refractivity contribution in [2.45, 2.75) is 84.2 Å². The van der Waals surface area contributed by atoms with Crippen molar-refractivity contribution in [3.05, 3.63) is 12.7 Å². The van der Waals surface area contributed by atoms with E-state index in [1.165, 1.54) is 25.7 Å². The molecule has 8 atom stereocenters. The van der Waals surface area contributed by atoms with E-state index in [0.29, 0.717) is 29.0 Å². The molecule has 0 saturated heterocycles. The number of ketones is 1. The van der Waals surface area contributed by atoms with Gasteiger partial charge < -0.3 is 5.11 Å². The van der Waals surface area contributed by atoms with Crippen LogP contribution in [0, 0.1) is 40.4 Å². The minimum atomic E-state index is -0.545. The molecule has 0 bridgehead atoms. The second-order valence-electron chi connectivity index (χ2n) is 10.4. The molecule has 0 aliphatic heterocycles. The topological polar surface area (TPSA) is 37.3 Å². The SMILES string of the molecule is C=CCC1(O)CC[C@H]2[C@@H]3CCC4CC(=O)CC(C)[C@]4(C)[C@@H]3CC[C@@]21C. The molecule has 0 amide bonds. The molecule has 0 aromatic rings. The highest BCUT2D eigenvalue weighted by Crippen LogP contribution is 2.69. The lowest BCUT2D eigenvalue weighted by atomic mass is 9.42. The fraction of sp³-hybridized carbons (Fsp3) is 0.870. The lowest BCUT2D eigenvalue weighted by molar-refractivity contribution is -0.167. The van der Waals surface area contributed by atoms with Crippen LogP contribution in [0.4, 0.5) is 0 Å². The van der Waals surface area contributed by atoms with Crippen molar-refractivity contribution in [1.29, 1.82) is 0 Å². The Morgan fingerprint density at radius 3 is 2.56 bits per heavy atom. The molecule has 0 aromatic carbocycles. The van der Waals surface area contributed by atoms with Crippen LogP contribution in [-0.4, -0.2) is 16.5 Å². The standard InChI is InChI=1S/C23H36O2/c1-5-10-23(25)12-9-19-18-7-6-16-14-17(24)13-15(2)22(16,4)20(18)8-11-21(19,23)3/h5,15-16,18-20,25H,1,6-14H2,2-4H3/t15?,16?,18-,19-,20+,21-,22-,23?/m0/s1. The molecule has 4 aliphatic rings. The van der Waals surface area contributed by atoms with Crippen LogP contribution in [0.15, 0.2) is 12.7 Å². The number of hydrogen-bond donors (Lipinski definition) is 1. The van der Waals surface area contributed by atoms with Gasteiger partial charge in [0.2, 0.25) is 0 Å². The Kier molecular flexibility index (Phi) is 4.04. The molecule has 0 aromatic heterocycles. The quantitative estimate of drug-likeness (QED) is 0.703. The maximum absolute atomic E-state index is 12.2. The first-order valence-electron chi connectivity index (χ1n) is 10.6. The molecule has 4 fully saturated rings. The van der Waals surface area contributed by atoms with Crippen molar-refractivity contribution >= 4 is 5.78 Å². The summed E-state index contributed by atoms with van der Waals surface area (Å²) >= 11 is 0. The Bertz CT molecular complexity index is 583. The van der Waals surface area contributed by atoms with Crippen LogP contribution in [-0.2, 0) is 4.79 Å². The minimum Gasteiger partial charge on any atom is -0.389 e. The van der Waals surface area contributed by atoms with E-state index in [1.54, 1.807) is 0 Å². The summed E-state index contributed by atoms with van der Waals surface area (Å²) in [7, 11) is 0. The van der Waals surface area contributed by atoms with Gasteiger partial charge in [-0.3, -0.25) is 4.79 Å². The van der Waals surface area contributed by atoms with Crippen molar-refractivity contribution in [2.24, 2.45) is 40.4 Å². The van der Waals surface area contributed by atoms with Crippen molar-refractivity contribution in [1.82, 2.24) is 0 Å². The van der Waals surface area contributed by atoms with Crippen molar-refractivity contribution < 1.29 is 9.90 Å². The predicted octanol–water partition coefficient (Wildman–Crippen LogP) is 5.15. The lowest BCUT2D eigenvalue weighted by Crippen LogP contribution is -2.58. The second-order valence-corrected chi connectivity index (χ2v) is 10.4. The molecular weight excluding hydrogens is 308 g/mol. The highest BCUT2D eigenvalue weighted by atomic mass is 16.3. The van der Waals surface area contributed by atoms with Gasteiger partial charge in [0.15, 0.2) is 0 Å². The number of fused-ring (bicyclic) bond motifs is 5. The molecule has 2 heteroatoms. The third-order valence-electron chi connectivity index (χ3n) is 9.84. The Hall–Kier alpha value is -0.630. The van der Waals surface area contributed by atoms with E-state index in [-0.39, 0.29) is 5.41 Å². The summed E-state index contributed by atoms with van der Waals surface area (Å²) in [4.78, 5) is 12.2. The van der Waals surface area contributed by atoms with E-state index in [2.05, 4.69) is 27.4 Å². The van der Waals surface area contributed by atoms with Crippen LogP contribution in [0.25, 0.3) is 0 Å². The van der Waals surface area contributed by atoms with Gasteiger partial charge in [-0.25, -0.2) is 0 Å². The molecule has 0 heterocycles. The summed E-state index contributed by atoms with van der Waals surface area (Å²) in [5.41, 5.74) is -0.160. The first-order valence-corrected chi connectivity index (χ1v) is 10.6. The van der Waals surface area contributed by atoms with Crippen molar-refractivity contribution in [3.8, 4) is 0 Å². The molecule has 140 valence electrons. The fourth-order valence-electron chi connectivity index (χ4n) is 8.16. The first kappa shape index (κ1) is 17.8. The third kappa shape index (κ3) is 2.22. The number of aliphatic hydroxyl groups is 1. The lowest BCUT2D eigenvalue weighted by Gasteiger charge is -2.62. The van der Waals surface area contributed by atoms with Gasteiger partial charge >= 0.3 is 0 Å². The van der Waals surface area contributed by atoms with Gasteiger partial charge in [-0.2, -0.15) is 0 Å². The van der Waals surface area contributed by atoms with Gasteiger partial charge in [0.1, 0.15) is 5.78 Å². The van der Waals surface area contributed by atoms with Gasteiger partial charge in [-0.05, 0) is 85.4 Å². The van der Waals surface area contributed by atoms with Gasteiger partial charge in [-0.15, -0.1) is 6.58 Å². The van der Waals surface area contributed by atoms with E-state index < -0.39 is 5.60 Å². The van der Waals surface area contributed by atoms with Crippen LogP contribution in [0.1, 0.15) is 78.6 Å². The van der Waals surface area contributed by atoms with E-state index in [9.17, 15) is 9.90 Å². The van der Waals surface area contributed by atoms with E-state index >= 15 is 0 Å². The monoisotopic (exact) mass is 344 g/mol. The maximum atomic E-state index is 12.2. The number of rotatable bonds is 2. The molecule has 0 spiro atoms. The first-order chi connectivity index (χ1) is 11.8. The zero-order chi connectivity index (χ0) is 18.0. The molecule has 4 aliphatic carbocycles. The second kappa shape index (κ2) is 5.68. The summed E-state index contributed by atoms with van der Waals surface area (Å²) in [6, 6.07) is 0. The van der Waals surface area contributed by atoms with E-state index in [0.717, 1.165) is 43.9 Å². The van der Waals surface area contributed by atoms with E-state index in [1.807, 2.05) is 6.08 Å². The van der Waals surface area contributed by atoms with Crippen LogP contribution >= 0.6 is 0 Å². The van der Waals surface area contributed by atoms with Gasteiger partial charge in [-0.1, -0.05) is 26.8 Å². The van der Waals surface area contributed by atoms with Crippen LogP contribution in [0.2, 0.25) is 0 Å². The Labute approximate surface area is 153 Å². The molecule has 4 rings (SSSR count). The summed E-state index contributed by atoms with van der Waals surface area (Å²) in [5, 5.41) is 11.4. The number of carbonyl (C=O) groups is 1. The molecular formula is C23H36O2. The normalized spacial score (nSPS) is 55.2. The Morgan fingerprint density at radius 1 is 1.12 bits per heavy atom. The summed E-state index contributed by atoms with van der Waals surface area (Å²) < 4.78 is 0. The third-order valence-corrected chi connectivity index (χ3v) is 9.84.